The van der Waals surface area contributed by atoms with Crippen molar-refractivity contribution in [1.29, 1.82) is 0 Å². The number of benzene rings is 3. The molecule has 3 N–H and O–H groups in total. The van der Waals surface area contributed by atoms with Gasteiger partial charge in [0.25, 0.3) is 5.56 Å². The fourth-order valence-electron chi connectivity index (χ4n) is 3.53. The number of fused-ring (bicyclic) bond motifs is 4. The lowest BCUT2D eigenvalue weighted by Crippen LogP contribution is -2.13. The predicted molar refractivity (Wildman–Crippen MR) is 99.1 cm³/mol. The first-order valence-electron chi connectivity index (χ1n) is 7.75. The molecule has 0 unspecified atom stereocenters. The third-order valence-electron chi connectivity index (χ3n) is 4.62. The van der Waals surface area contributed by atoms with Crippen LogP contribution in [-0.2, 0) is 0 Å². The Labute approximate surface area is 136 Å². The lowest BCUT2D eigenvalue weighted by molar-refractivity contribution is 1.19. The van der Waals surface area contributed by atoms with Crippen LogP contribution in [0.5, 0.6) is 0 Å². The second-order valence-electron chi connectivity index (χ2n) is 6.00. The Hall–Kier alpha value is -3.34. The molecule has 5 nitrogen and oxygen atoms in total. The first kappa shape index (κ1) is 13.1. The monoisotopic (exact) mass is 314 g/mol. The number of aromatic nitrogens is 2. The summed E-state index contributed by atoms with van der Waals surface area (Å²) < 4.78 is 1.69. The number of nitrogens with zero attached hydrogens (tertiary/aromatic N) is 2. The molecule has 3 aromatic carbocycles. The predicted octanol–water partition coefficient (Wildman–Crippen LogP) is 3.22. The van der Waals surface area contributed by atoms with Crippen LogP contribution in [0.15, 0.2) is 53.3 Å². The van der Waals surface area contributed by atoms with E-state index in [1.165, 1.54) is 0 Å². The van der Waals surface area contributed by atoms with Crippen molar-refractivity contribution in [3.8, 4) is 0 Å². The normalized spacial score (nSPS) is 11.9. The average Bonchev–Trinajstić information content (AvgIpc) is 2.97. The van der Waals surface area contributed by atoms with E-state index in [9.17, 15) is 4.79 Å². The van der Waals surface area contributed by atoms with E-state index < -0.39 is 0 Å². The second kappa shape index (κ2) is 4.35. The van der Waals surface area contributed by atoms with Gasteiger partial charge in [0.2, 0.25) is 0 Å². The maximum atomic E-state index is 13.1. The van der Waals surface area contributed by atoms with Crippen molar-refractivity contribution in [2.45, 2.75) is 0 Å². The smallest absolute Gasteiger partial charge is 0.264 e. The van der Waals surface area contributed by atoms with E-state index in [0.717, 1.165) is 32.9 Å². The van der Waals surface area contributed by atoms with Gasteiger partial charge in [0.15, 0.2) is 0 Å². The molecule has 5 aromatic rings. The first-order chi connectivity index (χ1) is 11.7. The molecule has 0 saturated heterocycles. The van der Waals surface area contributed by atoms with Gasteiger partial charge in [0.05, 0.1) is 11.0 Å². The number of pyridine rings is 1. The summed E-state index contributed by atoms with van der Waals surface area (Å²) in [5, 5.41) is 6.83. The number of nitrogens with two attached hydrogens (primary N) is 1. The summed E-state index contributed by atoms with van der Waals surface area (Å²) in [7, 11) is 1.88. The Bertz CT molecular complexity index is 1320. The Morgan fingerprint density at radius 1 is 1.08 bits per heavy atom. The summed E-state index contributed by atoms with van der Waals surface area (Å²) >= 11 is 0. The third kappa shape index (κ3) is 1.53. The fraction of sp³-hybridized carbons (Fsp3) is 0.0526. The minimum atomic E-state index is -0.0485. The minimum Gasteiger partial charge on any atom is -0.399 e. The molecule has 2 aromatic heterocycles. The van der Waals surface area contributed by atoms with Crippen LogP contribution in [0, 0.1) is 0 Å². The standard InChI is InChI=1S/C19H14N4O/c1-21-12-7-10-3-2-4-13-17(10)14(9-12)18-22-15-8-11(20)5-6-16(15)23(18)19(13)24/h2-9,21H,20H2,1H3. The Morgan fingerprint density at radius 3 is 2.79 bits per heavy atom. The molecular formula is C19H14N4O. The van der Waals surface area contributed by atoms with Gasteiger partial charge in [-0.1, -0.05) is 12.1 Å². The maximum absolute atomic E-state index is 13.1. The van der Waals surface area contributed by atoms with E-state index >= 15 is 0 Å². The number of hydrogen-bond donors (Lipinski definition) is 2. The zero-order valence-electron chi connectivity index (χ0n) is 13.0. The minimum absolute atomic E-state index is 0.0485. The highest BCUT2D eigenvalue weighted by Crippen LogP contribution is 2.32. The molecule has 2 heterocycles. The summed E-state index contributed by atoms with van der Waals surface area (Å²) in [5.41, 5.74) is 9.63. The molecule has 116 valence electrons. The van der Waals surface area contributed by atoms with E-state index in [1.54, 1.807) is 16.5 Å². The molecule has 0 aliphatic heterocycles. The number of imidazole rings is 1. The van der Waals surface area contributed by atoms with Crippen molar-refractivity contribution in [3.63, 3.8) is 0 Å². The molecule has 0 radical (unpaired) electrons. The van der Waals surface area contributed by atoms with Crippen molar-refractivity contribution < 1.29 is 0 Å². The molecule has 0 aliphatic rings. The zero-order valence-corrected chi connectivity index (χ0v) is 13.0. The van der Waals surface area contributed by atoms with Crippen molar-refractivity contribution in [3.05, 3.63) is 58.9 Å². The van der Waals surface area contributed by atoms with Crippen molar-refractivity contribution in [1.82, 2.24) is 9.38 Å². The summed E-state index contributed by atoms with van der Waals surface area (Å²) in [6.45, 7) is 0. The average molecular weight is 314 g/mol. The maximum Gasteiger partial charge on any atom is 0.264 e. The molecule has 0 saturated carbocycles. The van der Waals surface area contributed by atoms with Gasteiger partial charge in [-0.05, 0) is 41.8 Å². The van der Waals surface area contributed by atoms with Gasteiger partial charge in [-0.25, -0.2) is 4.98 Å². The Morgan fingerprint density at radius 2 is 1.96 bits per heavy atom. The van der Waals surface area contributed by atoms with Gasteiger partial charge in [0.1, 0.15) is 5.65 Å². The topological polar surface area (TPSA) is 72.4 Å². The largest absolute Gasteiger partial charge is 0.399 e. The van der Waals surface area contributed by atoms with Crippen LogP contribution in [0.2, 0.25) is 0 Å². The molecule has 0 spiro atoms. The summed E-state index contributed by atoms with van der Waals surface area (Å²) in [6, 6.07) is 15.4. The van der Waals surface area contributed by atoms with Crippen LogP contribution >= 0.6 is 0 Å². The lowest BCUT2D eigenvalue weighted by atomic mass is 10.0. The summed E-state index contributed by atoms with van der Waals surface area (Å²) in [5.74, 6) is 0. The van der Waals surface area contributed by atoms with Gasteiger partial charge >= 0.3 is 0 Å². The molecule has 0 fully saturated rings. The molecule has 0 amide bonds. The van der Waals surface area contributed by atoms with Gasteiger partial charge in [-0.2, -0.15) is 0 Å². The van der Waals surface area contributed by atoms with E-state index in [4.69, 9.17) is 10.7 Å². The van der Waals surface area contributed by atoms with Gasteiger partial charge in [-0.3, -0.25) is 9.20 Å². The number of nitrogens with one attached hydrogen (secondary N) is 1. The fourth-order valence-corrected chi connectivity index (χ4v) is 3.53. The van der Waals surface area contributed by atoms with E-state index in [2.05, 4.69) is 5.32 Å². The van der Waals surface area contributed by atoms with Crippen LogP contribution in [0.1, 0.15) is 0 Å². The Balaban J connectivity index is 2.17. The highest BCUT2D eigenvalue weighted by Gasteiger charge is 2.16. The highest BCUT2D eigenvalue weighted by atomic mass is 16.1. The van der Waals surface area contributed by atoms with Crippen molar-refractivity contribution in [2.75, 3.05) is 18.1 Å². The lowest BCUT2D eigenvalue weighted by Gasteiger charge is -2.09. The highest BCUT2D eigenvalue weighted by molar-refractivity contribution is 6.16. The van der Waals surface area contributed by atoms with Gasteiger partial charge in [-0.15, -0.1) is 0 Å². The molecule has 24 heavy (non-hydrogen) atoms. The zero-order chi connectivity index (χ0) is 16.4. The SMILES string of the molecule is CNc1cc2cccc3c(=O)n4c5ccc(N)cc5nc4c(c1)c23. The number of rotatable bonds is 1. The number of nitrogen functional groups attached to an aromatic ring is 1. The Kier molecular flexibility index (Phi) is 2.38. The van der Waals surface area contributed by atoms with E-state index in [-0.39, 0.29) is 5.56 Å². The van der Waals surface area contributed by atoms with E-state index in [1.807, 2.05) is 43.4 Å². The van der Waals surface area contributed by atoms with Crippen LogP contribution in [-0.4, -0.2) is 16.4 Å². The van der Waals surface area contributed by atoms with Crippen LogP contribution in [0.4, 0.5) is 11.4 Å². The van der Waals surface area contributed by atoms with Gasteiger partial charge < -0.3 is 11.1 Å². The molecular weight excluding hydrogens is 300 g/mol. The summed E-state index contributed by atoms with van der Waals surface area (Å²) in [6.07, 6.45) is 0. The van der Waals surface area contributed by atoms with Crippen molar-refractivity contribution >= 4 is 49.6 Å². The molecule has 0 bridgehead atoms. The molecule has 0 atom stereocenters. The molecule has 0 aliphatic carbocycles. The number of hydrogen-bond acceptors (Lipinski definition) is 4. The second-order valence-corrected chi connectivity index (χ2v) is 6.00. The van der Waals surface area contributed by atoms with Gasteiger partial charge in [0, 0.05) is 34.6 Å². The van der Waals surface area contributed by atoms with E-state index in [0.29, 0.717) is 16.7 Å². The van der Waals surface area contributed by atoms with Crippen LogP contribution < -0.4 is 16.6 Å². The number of anilines is 2. The first-order valence-corrected chi connectivity index (χ1v) is 7.75. The van der Waals surface area contributed by atoms with Crippen molar-refractivity contribution in [2.24, 2.45) is 0 Å². The molecule has 5 heteroatoms. The quantitative estimate of drug-likeness (QED) is 0.466. The van der Waals surface area contributed by atoms with Crippen LogP contribution in [0.25, 0.3) is 38.2 Å². The summed E-state index contributed by atoms with van der Waals surface area (Å²) in [4.78, 5) is 17.8. The third-order valence-corrected chi connectivity index (χ3v) is 4.62. The molecule has 5 rings (SSSR count). The van der Waals surface area contributed by atoms with Crippen LogP contribution in [0.3, 0.4) is 0 Å².